The molecule has 0 N–H and O–H groups in total. The van der Waals surface area contributed by atoms with Crippen molar-refractivity contribution in [3.63, 3.8) is 0 Å². The molecule has 17 nitrogen and oxygen atoms in total. The van der Waals surface area contributed by atoms with Crippen molar-refractivity contribution in [1.29, 1.82) is 0 Å². The maximum absolute atomic E-state index is 14.2. The Morgan fingerprint density at radius 1 is 0.350 bits per heavy atom. The van der Waals surface area contributed by atoms with E-state index in [-0.39, 0.29) is 11.8 Å². The highest BCUT2D eigenvalue weighted by molar-refractivity contribution is 6.80. The SMILES string of the molecule is CO[Si](CCCC(CCC[Si](OC)(OC)OC)C(=O)N(C)CCCC[Si](CCC[Si](OC)(OC)OC)(CCC[Si](OC)(OC)OC)CCC[Si](OC)(OC)OC)(OC)OC. The Morgan fingerprint density at radius 2 is 0.583 bits per heavy atom. The van der Waals surface area contributed by atoms with Crippen molar-refractivity contribution in [2.75, 3.05) is 120 Å². The second kappa shape index (κ2) is 31.9. The maximum Gasteiger partial charge on any atom is 0.500 e. The zero-order valence-electron chi connectivity index (χ0n) is 40.5. The predicted octanol–water partition coefficient (Wildman–Crippen LogP) is 6.41. The van der Waals surface area contributed by atoms with E-state index in [0.717, 1.165) is 87.3 Å². The number of rotatable bonds is 41. The van der Waals surface area contributed by atoms with Crippen LogP contribution < -0.4 is 0 Å². The van der Waals surface area contributed by atoms with Gasteiger partial charge in [0.1, 0.15) is 0 Å². The van der Waals surface area contributed by atoms with Crippen LogP contribution in [-0.2, 0) is 71.2 Å². The fraction of sp³-hybridized carbons (Fsp3) is 0.973. The van der Waals surface area contributed by atoms with Crippen molar-refractivity contribution in [3.8, 4) is 0 Å². The maximum atomic E-state index is 14.2. The molecule has 0 saturated heterocycles. The van der Waals surface area contributed by atoms with Crippen LogP contribution in [0.4, 0.5) is 0 Å². The first-order chi connectivity index (χ1) is 28.6. The molecule has 23 heteroatoms. The Labute approximate surface area is 371 Å². The molecule has 0 bridgehead atoms. The average molecular weight is 971 g/mol. The van der Waals surface area contributed by atoms with Gasteiger partial charge in [0.25, 0.3) is 0 Å². The summed E-state index contributed by atoms with van der Waals surface area (Å²) in [6, 6.07) is 7.75. The molecule has 0 aliphatic carbocycles. The van der Waals surface area contributed by atoms with Crippen molar-refractivity contribution in [1.82, 2.24) is 4.90 Å². The first-order valence-corrected chi connectivity index (χ1v) is 33.7. The van der Waals surface area contributed by atoms with Crippen LogP contribution in [-0.4, -0.2) is 183 Å². The lowest BCUT2D eigenvalue weighted by Crippen LogP contribution is -2.45. The molecule has 0 fully saturated rings. The quantitative estimate of drug-likeness (QED) is 0.0488. The van der Waals surface area contributed by atoms with E-state index >= 15 is 0 Å². The van der Waals surface area contributed by atoms with Gasteiger partial charge in [0.05, 0.1) is 8.07 Å². The first kappa shape index (κ1) is 60.2. The summed E-state index contributed by atoms with van der Waals surface area (Å²) in [7, 11) is 10.8. The van der Waals surface area contributed by atoms with E-state index in [1.54, 1.807) is 107 Å². The predicted molar refractivity (Wildman–Crippen MR) is 246 cm³/mol. The van der Waals surface area contributed by atoms with Crippen LogP contribution in [0.2, 0.25) is 54.4 Å². The number of nitrogens with zero attached hydrogens (tertiary/aromatic N) is 1. The molecule has 0 atom stereocenters. The second-order valence-corrected chi connectivity index (χ2v) is 35.7. The molecule has 1 amide bonds. The molecule has 360 valence electrons. The van der Waals surface area contributed by atoms with Gasteiger partial charge in [-0.25, -0.2) is 0 Å². The Hall–Kier alpha value is 0.171. The summed E-state index contributed by atoms with van der Waals surface area (Å²) in [5.74, 6) is -0.0547. The van der Waals surface area contributed by atoms with Crippen LogP contribution >= 0.6 is 0 Å². The van der Waals surface area contributed by atoms with Gasteiger partial charge in [-0.1, -0.05) is 49.9 Å². The number of unbranched alkanes of at least 4 members (excludes halogenated alkanes) is 1. The van der Waals surface area contributed by atoms with Crippen LogP contribution in [0, 0.1) is 5.92 Å². The van der Waals surface area contributed by atoms with Crippen molar-refractivity contribution >= 4 is 58.0 Å². The third-order valence-electron chi connectivity index (χ3n) is 12.5. The van der Waals surface area contributed by atoms with Gasteiger partial charge in [-0.05, 0) is 32.1 Å². The van der Waals surface area contributed by atoms with Crippen LogP contribution in [0.25, 0.3) is 0 Å². The summed E-state index contributed by atoms with van der Waals surface area (Å²) in [6.45, 7) is 0.659. The molecular formula is C37H87NO16Si6. The lowest BCUT2D eigenvalue weighted by Gasteiger charge is -2.35. The molecule has 0 unspecified atom stereocenters. The van der Waals surface area contributed by atoms with Gasteiger partial charge < -0.3 is 71.3 Å². The van der Waals surface area contributed by atoms with Gasteiger partial charge in [-0.3, -0.25) is 4.79 Å². The van der Waals surface area contributed by atoms with E-state index in [1.807, 2.05) is 11.9 Å². The van der Waals surface area contributed by atoms with Gasteiger partial charge in [-0.2, -0.15) is 0 Å². The molecule has 0 spiro atoms. The summed E-state index contributed by atoms with van der Waals surface area (Å²) in [4.78, 5) is 16.1. The van der Waals surface area contributed by atoms with Gasteiger partial charge >= 0.3 is 44.0 Å². The van der Waals surface area contributed by atoms with Crippen LogP contribution in [0.5, 0.6) is 0 Å². The number of hydrogen-bond donors (Lipinski definition) is 0. The second-order valence-electron chi connectivity index (χ2n) is 15.2. The highest BCUT2D eigenvalue weighted by Gasteiger charge is 2.44. The van der Waals surface area contributed by atoms with E-state index in [2.05, 4.69) is 0 Å². The van der Waals surface area contributed by atoms with Crippen molar-refractivity contribution in [2.45, 2.75) is 112 Å². The molecule has 0 aliphatic rings. The Bertz CT molecular complexity index is 957. The molecule has 0 radical (unpaired) electrons. The summed E-state index contributed by atoms with van der Waals surface area (Å²) >= 11 is 0. The average Bonchev–Trinajstić information content (AvgIpc) is 3.29. The molecule has 0 aromatic heterocycles. The summed E-state index contributed by atoms with van der Waals surface area (Å²) in [6.07, 6.45) is 7.50. The van der Waals surface area contributed by atoms with Crippen molar-refractivity contribution < 1.29 is 71.2 Å². The topological polar surface area (TPSA) is 159 Å². The summed E-state index contributed by atoms with van der Waals surface area (Å²) in [5, 5.41) is 0. The zero-order chi connectivity index (χ0) is 45.8. The van der Waals surface area contributed by atoms with Crippen molar-refractivity contribution in [2.24, 2.45) is 5.92 Å². The first-order valence-electron chi connectivity index (χ1n) is 21.2. The normalized spacial score (nSPS) is 13.5. The van der Waals surface area contributed by atoms with Crippen LogP contribution in [0.1, 0.15) is 57.8 Å². The van der Waals surface area contributed by atoms with E-state index in [0.29, 0.717) is 31.5 Å². The number of carbonyl (C=O) groups is 1. The number of amides is 1. The fourth-order valence-corrected chi connectivity index (χ4v) is 23.4. The van der Waals surface area contributed by atoms with Gasteiger partial charge in [0.2, 0.25) is 5.91 Å². The fourth-order valence-electron chi connectivity index (χ4n) is 8.36. The van der Waals surface area contributed by atoms with Gasteiger partial charge in [-0.15, -0.1) is 0 Å². The smallest absolute Gasteiger partial charge is 0.377 e. The minimum atomic E-state index is -2.78. The third kappa shape index (κ3) is 19.3. The Morgan fingerprint density at radius 3 is 0.833 bits per heavy atom. The molecule has 0 heterocycles. The van der Waals surface area contributed by atoms with E-state index in [1.165, 1.54) is 0 Å². The minimum Gasteiger partial charge on any atom is -0.377 e. The van der Waals surface area contributed by atoms with E-state index < -0.39 is 52.1 Å². The lowest BCUT2D eigenvalue weighted by molar-refractivity contribution is -0.134. The highest BCUT2D eigenvalue weighted by Crippen LogP contribution is 2.37. The summed E-state index contributed by atoms with van der Waals surface area (Å²) in [5.41, 5.74) is 0. The van der Waals surface area contributed by atoms with Crippen LogP contribution in [0.3, 0.4) is 0 Å². The standard InChI is InChI=1S/C37H87NO16Si6/c1-38(37(39)36(24-19-31-56(40-2,41-3)42-4)25-20-32-57(43-5,44-6)45-7)26-17-18-27-55(28-21-33-58(46-8,47-9)48-10,29-22-34-59(49-11,50-12)51-13)30-23-35-60(52-14,53-15)54-16/h36H,17-35H2,1-16H3. The van der Waals surface area contributed by atoms with Crippen LogP contribution in [0.15, 0.2) is 0 Å². The minimum absolute atomic E-state index is 0.137. The molecule has 0 aliphatic heterocycles. The van der Waals surface area contributed by atoms with Crippen molar-refractivity contribution in [3.05, 3.63) is 0 Å². The molecule has 0 aromatic carbocycles. The lowest BCUT2D eigenvalue weighted by atomic mass is 9.96. The molecule has 0 aromatic rings. The molecule has 0 rings (SSSR count). The highest BCUT2D eigenvalue weighted by atomic mass is 28.4. The number of carbonyl (C=O) groups excluding carboxylic acids is 1. The largest absolute Gasteiger partial charge is 0.500 e. The Balaban J connectivity index is 6.37. The molecule has 0 saturated carbocycles. The van der Waals surface area contributed by atoms with E-state index in [9.17, 15) is 4.79 Å². The van der Waals surface area contributed by atoms with E-state index in [4.69, 9.17) is 66.4 Å². The number of hydrogen-bond acceptors (Lipinski definition) is 16. The van der Waals surface area contributed by atoms with Gasteiger partial charge in [0, 0.05) is 156 Å². The summed E-state index contributed by atoms with van der Waals surface area (Å²) < 4.78 is 86.4. The zero-order valence-corrected chi connectivity index (χ0v) is 46.5. The Kier molecular flexibility index (Phi) is 32.0. The third-order valence-corrected chi connectivity index (χ3v) is 32.3. The van der Waals surface area contributed by atoms with Gasteiger partial charge in [0.15, 0.2) is 0 Å². The monoisotopic (exact) mass is 969 g/mol. The molecular weight excluding hydrogens is 883 g/mol. The molecule has 60 heavy (non-hydrogen) atoms.